The molecule has 0 saturated heterocycles. The van der Waals surface area contributed by atoms with Gasteiger partial charge in [-0.2, -0.15) is 0 Å². The predicted molar refractivity (Wildman–Crippen MR) is 140 cm³/mol. The van der Waals surface area contributed by atoms with E-state index in [-0.39, 0.29) is 34.5 Å². The quantitative estimate of drug-likeness (QED) is 0.296. The fourth-order valence-electron chi connectivity index (χ4n) is 3.45. The van der Waals surface area contributed by atoms with E-state index in [4.69, 9.17) is 16.3 Å². The first-order valence-corrected chi connectivity index (χ1v) is 12.0. The van der Waals surface area contributed by atoms with Gasteiger partial charge in [0.25, 0.3) is 17.7 Å². The largest absolute Gasteiger partial charge is 0.462 e. The van der Waals surface area contributed by atoms with Gasteiger partial charge in [-0.05, 0) is 67.6 Å². The van der Waals surface area contributed by atoms with Crippen molar-refractivity contribution in [3.8, 4) is 0 Å². The summed E-state index contributed by atoms with van der Waals surface area (Å²) in [5.74, 6) is -2.37. The number of carbonyl (C=O) groups excluding carboxylic acids is 4. The standard InChI is InChI=1S/C26H19BrClN3O5/c1-2-36-26(35)16-6-4-8-20(14-16)31-24(33)21(28)22(25(31)34)29-19-7-3-5-15(13-19)23(32)30-18-11-9-17(27)10-12-18/h3-14,29H,2H2,1H3,(H,30,32). The molecule has 0 aromatic heterocycles. The molecule has 3 aromatic carbocycles. The van der Waals surface area contributed by atoms with Gasteiger partial charge in [-0.25, -0.2) is 9.69 Å². The third kappa shape index (κ3) is 5.32. The first kappa shape index (κ1) is 25.2. The van der Waals surface area contributed by atoms with Gasteiger partial charge in [-0.15, -0.1) is 0 Å². The number of amides is 3. The molecule has 3 aromatic rings. The number of hydrogen-bond acceptors (Lipinski definition) is 6. The van der Waals surface area contributed by atoms with E-state index < -0.39 is 17.8 Å². The average Bonchev–Trinajstić information content (AvgIpc) is 3.08. The summed E-state index contributed by atoms with van der Waals surface area (Å²) < 4.78 is 5.87. The Bertz CT molecular complexity index is 1400. The molecule has 0 atom stereocenters. The Hall–Kier alpha value is -3.95. The SMILES string of the molecule is CCOC(=O)c1cccc(N2C(=O)C(Cl)=C(Nc3cccc(C(=O)Nc4ccc(Br)cc4)c3)C2=O)c1. The van der Waals surface area contributed by atoms with Crippen LogP contribution in [0.5, 0.6) is 0 Å². The Morgan fingerprint density at radius 2 is 1.61 bits per heavy atom. The Labute approximate surface area is 220 Å². The number of benzene rings is 3. The van der Waals surface area contributed by atoms with Crippen LogP contribution in [0.4, 0.5) is 17.1 Å². The van der Waals surface area contributed by atoms with Gasteiger partial charge in [-0.1, -0.05) is 39.7 Å². The molecule has 0 saturated carbocycles. The zero-order valence-electron chi connectivity index (χ0n) is 18.9. The normalized spacial score (nSPS) is 13.1. The third-order valence-electron chi connectivity index (χ3n) is 5.14. The molecular formula is C26H19BrClN3O5. The van der Waals surface area contributed by atoms with Crippen molar-refractivity contribution in [3.63, 3.8) is 0 Å². The lowest BCUT2D eigenvalue weighted by Crippen LogP contribution is -2.32. The van der Waals surface area contributed by atoms with Crippen LogP contribution in [0.1, 0.15) is 27.6 Å². The second-order valence-corrected chi connectivity index (χ2v) is 8.87. The van der Waals surface area contributed by atoms with Crippen LogP contribution in [0.2, 0.25) is 0 Å². The molecule has 2 N–H and O–H groups in total. The second-order valence-electron chi connectivity index (χ2n) is 7.57. The molecule has 182 valence electrons. The molecule has 0 fully saturated rings. The van der Waals surface area contributed by atoms with Gasteiger partial charge in [-0.3, -0.25) is 14.4 Å². The molecule has 1 heterocycles. The van der Waals surface area contributed by atoms with E-state index in [9.17, 15) is 19.2 Å². The van der Waals surface area contributed by atoms with Crippen LogP contribution >= 0.6 is 27.5 Å². The lowest BCUT2D eigenvalue weighted by molar-refractivity contribution is -0.120. The molecule has 0 spiro atoms. The number of imide groups is 1. The molecule has 10 heteroatoms. The molecule has 0 bridgehead atoms. The van der Waals surface area contributed by atoms with Crippen LogP contribution in [-0.2, 0) is 14.3 Å². The molecule has 4 rings (SSSR count). The van der Waals surface area contributed by atoms with E-state index in [1.54, 1.807) is 49.4 Å². The topological polar surface area (TPSA) is 105 Å². The molecule has 3 amide bonds. The maximum atomic E-state index is 13.1. The molecule has 0 unspecified atom stereocenters. The van der Waals surface area contributed by atoms with E-state index in [0.29, 0.717) is 16.9 Å². The summed E-state index contributed by atoms with van der Waals surface area (Å²) in [6.45, 7) is 1.86. The third-order valence-corrected chi connectivity index (χ3v) is 6.02. The molecule has 1 aliphatic rings. The van der Waals surface area contributed by atoms with Crippen molar-refractivity contribution in [3.05, 3.63) is 99.1 Å². The minimum absolute atomic E-state index is 0.145. The van der Waals surface area contributed by atoms with Crippen LogP contribution in [0.3, 0.4) is 0 Å². The van der Waals surface area contributed by atoms with Crippen LogP contribution in [0.25, 0.3) is 0 Å². The monoisotopic (exact) mass is 567 g/mol. The number of carbonyl (C=O) groups is 4. The lowest BCUT2D eigenvalue weighted by atomic mass is 10.1. The molecule has 1 aliphatic heterocycles. The van der Waals surface area contributed by atoms with Crippen LogP contribution in [0, 0.1) is 0 Å². The van der Waals surface area contributed by atoms with Gasteiger partial charge in [0.2, 0.25) is 0 Å². The van der Waals surface area contributed by atoms with E-state index >= 15 is 0 Å². The maximum Gasteiger partial charge on any atom is 0.338 e. The second kappa shape index (κ2) is 10.8. The van der Waals surface area contributed by atoms with Crippen molar-refractivity contribution in [2.75, 3.05) is 22.1 Å². The first-order chi connectivity index (χ1) is 17.3. The van der Waals surface area contributed by atoms with Gasteiger partial charge < -0.3 is 15.4 Å². The summed E-state index contributed by atoms with van der Waals surface area (Å²) in [5.41, 5.74) is 1.55. The van der Waals surface area contributed by atoms with Crippen molar-refractivity contribution in [2.24, 2.45) is 0 Å². The van der Waals surface area contributed by atoms with Gasteiger partial charge in [0.15, 0.2) is 0 Å². The highest BCUT2D eigenvalue weighted by Crippen LogP contribution is 2.31. The Balaban J connectivity index is 1.53. The molecule has 8 nitrogen and oxygen atoms in total. The van der Waals surface area contributed by atoms with Crippen molar-refractivity contribution in [1.29, 1.82) is 0 Å². The Kier molecular flexibility index (Phi) is 7.52. The number of nitrogens with one attached hydrogen (secondary N) is 2. The predicted octanol–water partition coefficient (Wildman–Crippen LogP) is 5.31. The van der Waals surface area contributed by atoms with E-state index in [2.05, 4.69) is 26.6 Å². The fourth-order valence-corrected chi connectivity index (χ4v) is 3.93. The number of rotatable bonds is 7. The summed E-state index contributed by atoms with van der Waals surface area (Å²) in [6.07, 6.45) is 0. The van der Waals surface area contributed by atoms with Gasteiger partial charge in [0.05, 0.1) is 17.9 Å². The first-order valence-electron chi connectivity index (χ1n) is 10.8. The highest BCUT2D eigenvalue weighted by molar-refractivity contribution is 9.10. The minimum atomic E-state index is -0.741. The van der Waals surface area contributed by atoms with Gasteiger partial charge >= 0.3 is 5.97 Å². The van der Waals surface area contributed by atoms with E-state index in [0.717, 1.165) is 9.37 Å². The minimum Gasteiger partial charge on any atom is -0.462 e. The highest BCUT2D eigenvalue weighted by atomic mass is 79.9. The van der Waals surface area contributed by atoms with Crippen LogP contribution in [-0.4, -0.2) is 30.3 Å². The zero-order valence-corrected chi connectivity index (χ0v) is 21.2. The van der Waals surface area contributed by atoms with Crippen LogP contribution < -0.4 is 15.5 Å². The maximum absolute atomic E-state index is 13.1. The Morgan fingerprint density at radius 1 is 0.917 bits per heavy atom. The van der Waals surface area contributed by atoms with Crippen molar-refractivity contribution >= 4 is 68.3 Å². The summed E-state index contributed by atoms with van der Waals surface area (Å²) >= 11 is 9.57. The van der Waals surface area contributed by atoms with E-state index in [1.165, 1.54) is 30.3 Å². The van der Waals surface area contributed by atoms with Crippen LogP contribution in [0.15, 0.2) is 88.0 Å². The number of ether oxygens (including phenoxy) is 1. The number of nitrogens with zero attached hydrogens (tertiary/aromatic N) is 1. The highest BCUT2D eigenvalue weighted by Gasteiger charge is 2.39. The fraction of sp³-hybridized carbons (Fsp3) is 0.0769. The van der Waals surface area contributed by atoms with Crippen molar-refractivity contribution in [1.82, 2.24) is 0 Å². The smallest absolute Gasteiger partial charge is 0.338 e. The summed E-state index contributed by atoms with van der Waals surface area (Å²) in [4.78, 5) is 51.6. The molecular weight excluding hydrogens is 550 g/mol. The van der Waals surface area contributed by atoms with Gasteiger partial charge in [0, 0.05) is 21.4 Å². The van der Waals surface area contributed by atoms with Crippen molar-refractivity contribution in [2.45, 2.75) is 6.92 Å². The summed E-state index contributed by atoms with van der Waals surface area (Å²) in [6, 6.07) is 19.5. The van der Waals surface area contributed by atoms with Crippen molar-refractivity contribution < 1.29 is 23.9 Å². The number of anilines is 3. The number of halogens is 2. The van der Waals surface area contributed by atoms with Gasteiger partial charge in [0.1, 0.15) is 10.7 Å². The number of hydrogen-bond donors (Lipinski definition) is 2. The molecule has 36 heavy (non-hydrogen) atoms. The number of esters is 1. The van der Waals surface area contributed by atoms with E-state index in [1.807, 2.05) is 0 Å². The Morgan fingerprint density at radius 3 is 2.33 bits per heavy atom. The zero-order chi connectivity index (χ0) is 25.8. The summed E-state index contributed by atoms with van der Waals surface area (Å²) in [7, 11) is 0. The average molecular weight is 569 g/mol. The summed E-state index contributed by atoms with van der Waals surface area (Å²) in [5, 5.41) is 5.33. The molecule has 0 radical (unpaired) electrons. The molecule has 0 aliphatic carbocycles. The lowest BCUT2D eigenvalue weighted by Gasteiger charge is -2.16.